The smallest absolute Gasteiger partial charge is 0.418 e. The standard InChI is InChI=1S/C13H10N4O3S.C3H6.C2H6/c1-19-10-9-11(15-7-14-10)21-12(16-9)17-13(18)20-8-5-3-2-4-6-8;1-3-2;1-2/h2-7H,1H3,(H,16,17,18);3H,1H2,2H3;1-2H3. The molecule has 0 radical (unpaired) electrons. The van der Waals surface area contributed by atoms with Crippen LogP contribution in [-0.4, -0.2) is 28.2 Å². The highest BCUT2D eigenvalue weighted by molar-refractivity contribution is 7.22. The van der Waals surface area contributed by atoms with Crippen molar-refractivity contribution >= 4 is 32.9 Å². The average molecular weight is 374 g/mol. The summed E-state index contributed by atoms with van der Waals surface area (Å²) in [4.78, 5) is 24.6. The topological polar surface area (TPSA) is 86.2 Å². The van der Waals surface area contributed by atoms with Crippen molar-refractivity contribution < 1.29 is 14.3 Å². The maximum absolute atomic E-state index is 11.8. The number of thiazole rings is 1. The van der Waals surface area contributed by atoms with Crippen LogP contribution in [0.5, 0.6) is 11.6 Å². The van der Waals surface area contributed by atoms with Gasteiger partial charge in [0.2, 0.25) is 5.88 Å². The molecule has 138 valence electrons. The molecule has 0 saturated carbocycles. The summed E-state index contributed by atoms with van der Waals surface area (Å²) in [6.07, 6.45) is 2.51. The zero-order valence-corrected chi connectivity index (χ0v) is 16.0. The van der Waals surface area contributed by atoms with Gasteiger partial charge in [0.1, 0.15) is 12.1 Å². The number of carbonyl (C=O) groups excluding carboxylic acids is 1. The van der Waals surface area contributed by atoms with E-state index in [4.69, 9.17) is 9.47 Å². The lowest BCUT2D eigenvalue weighted by molar-refractivity contribution is 0.215. The number of rotatable bonds is 3. The molecular weight excluding hydrogens is 352 g/mol. The third-order valence-electron chi connectivity index (χ3n) is 2.52. The number of hydrogen-bond donors (Lipinski definition) is 1. The van der Waals surface area contributed by atoms with Crippen LogP contribution in [0, 0.1) is 0 Å². The van der Waals surface area contributed by atoms with Crippen LogP contribution in [0.2, 0.25) is 0 Å². The van der Waals surface area contributed by atoms with Crippen molar-refractivity contribution in [3.63, 3.8) is 0 Å². The number of para-hydroxylation sites is 1. The van der Waals surface area contributed by atoms with E-state index in [1.807, 2.05) is 26.8 Å². The number of nitrogens with one attached hydrogen (secondary N) is 1. The highest BCUT2D eigenvalue weighted by atomic mass is 32.1. The molecule has 0 bridgehead atoms. The fourth-order valence-electron chi connectivity index (χ4n) is 1.65. The summed E-state index contributed by atoms with van der Waals surface area (Å²) >= 11 is 1.21. The number of carbonyl (C=O) groups is 1. The second kappa shape index (κ2) is 11.5. The monoisotopic (exact) mass is 374 g/mol. The molecule has 3 rings (SSSR count). The van der Waals surface area contributed by atoms with Gasteiger partial charge in [-0.1, -0.05) is 49.5 Å². The Balaban J connectivity index is 0.000000615. The molecule has 1 N–H and O–H groups in total. The first-order chi connectivity index (χ1) is 12.7. The van der Waals surface area contributed by atoms with E-state index < -0.39 is 6.09 Å². The molecule has 0 aliphatic carbocycles. The molecule has 0 saturated heterocycles. The Morgan fingerprint density at radius 1 is 1.23 bits per heavy atom. The van der Waals surface area contributed by atoms with Crippen LogP contribution in [0.25, 0.3) is 10.3 Å². The van der Waals surface area contributed by atoms with Crippen molar-refractivity contribution in [1.29, 1.82) is 0 Å². The summed E-state index contributed by atoms with van der Waals surface area (Å²) in [6.45, 7) is 9.25. The number of amides is 1. The normalized spacial score (nSPS) is 9.08. The summed E-state index contributed by atoms with van der Waals surface area (Å²) in [6, 6.07) is 8.77. The molecule has 3 aromatic rings. The second-order valence-corrected chi connectivity index (χ2v) is 5.27. The lowest BCUT2D eigenvalue weighted by Gasteiger charge is -2.03. The first-order valence-electron chi connectivity index (χ1n) is 7.94. The van der Waals surface area contributed by atoms with E-state index in [0.717, 1.165) is 0 Å². The van der Waals surface area contributed by atoms with Gasteiger partial charge in [0.25, 0.3) is 0 Å². The van der Waals surface area contributed by atoms with Gasteiger partial charge in [-0.25, -0.2) is 14.8 Å². The van der Waals surface area contributed by atoms with Gasteiger partial charge < -0.3 is 9.47 Å². The predicted molar refractivity (Wildman–Crippen MR) is 105 cm³/mol. The van der Waals surface area contributed by atoms with E-state index in [1.54, 1.807) is 30.3 Å². The highest BCUT2D eigenvalue weighted by Crippen LogP contribution is 2.28. The Hall–Kier alpha value is -3.00. The lowest BCUT2D eigenvalue weighted by Crippen LogP contribution is -2.16. The van der Waals surface area contributed by atoms with E-state index in [9.17, 15) is 4.79 Å². The molecule has 0 aliphatic heterocycles. The quantitative estimate of drug-likeness (QED) is 0.655. The third-order valence-corrected chi connectivity index (χ3v) is 3.40. The molecule has 8 heteroatoms. The molecule has 0 aliphatic rings. The predicted octanol–water partition coefficient (Wildman–Crippen LogP) is 4.92. The summed E-state index contributed by atoms with van der Waals surface area (Å²) in [5.41, 5.74) is 0.500. The van der Waals surface area contributed by atoms with Gasteiger partial charge in [0, 0.05) is 0 Å². The molecule has 2 heterocycles. The van der Waals surface area contributed by atoms with Crippen LogP contribution < -0.4 is 14.8 Å². The minimum Gasteiger partial charge on any atom is -0.479 e. The van der Waals surface area contributed by atoms with Crippen LogP contribution in [0.15, 0.2) is 49.3 Å². The number of fused-ring (bicyclic) bond motifs is 1. The molecule has 0 fully saturated rings. The van der Waals surface area contributed by atoms with E-state index in [-0.39, 0.29) is 0 Å². The Morgan fingerprint density at radius 2 is 1.88 bits per heavy atom. The van der Waals surface area contributed by atoms with Crippen molar-refractivity contribution in [2.45, 2.75) is 20.8 Å². The summed E-state index contributed by atoms with van der Waals surface area (Å²) in [5, 5.41) is 2.92. The van der Waals surface area contributed by atoms with Crippen LogP contribution in [-0.2, 0) is 0 Å². The van der Waals surface area contributed by atoms with E-state index in [2.05, 4.69) is 26.8 Å². The SMILES string of the molecule is C=CC.CC.COc1ncnc2sc(NC(=O)Oc3ccccc3)nc12. The fraction of sp³-hybridized carbons (Fsp3) is 0.222. The molecule has 26 heavy (non-hydrogen) atoms. The van der Waals surface area contributed by atoms with E-state index in [0.29, 0.717) is 27.1 Å². The van der Waals surface area contributed by atoms with Crippen molar-refractivity contribution in [1.82, 2.24) is 15.0 Å². The van der Waals surface area contributed by atoms with Crippen molar-refractivity contribution in [2.75, 3.05) is 12.4 Å². The first kappa shape index (κ1) is 21.0. The number of hydrogen-bond acceptors (Lipinski definition) is 7. The Bertz CT molecular complexity index is 822. The number of ether oxygens (including phenoxy) is 2. The van der Waals surface area contributed by atoms with Crippen molar-refractivity contribution in [2.24, 2.45) is 0 Å². The molecule has 2 aromatic heterocycles. The molecule has 7 nitrogen and oxygen atoms in total. The summed E-state index contributed by atoms with van der Waals surface area (Å²) in [7, 11) is 1.50. The number of nitrogens with zero attached hydrogens (tertiary/aromatic N) is 3. The first-order valence-corrected chi connectivity index (χ1v) is 8.76. The van der Waals surface area contributed by atoms with Gasteiger partial charge in [-0.2, -0.15) is 4.98 Å². The number of methoxy groups -OCH3 is 1. The second-order valence-electron chi connectivity index (χ2n) is 4.29. The lowest BCUT2D eigenvalue weighted by atomic mass is 10.3. The van der Waals surface area contributed by atoms with Crippen LogP contribution in [0.3, 0.4) is 0 Å². The van der Waals surface area contributed by atoms with Gasteiger partial charge in [-0.3, -0.25) is 5.32 Å². The molecule has 0 spiro atoms. The van der Waals surface area contributed by atoms with Crippen LogP contribution in [0.4, 0.5) is 9.93 Å². The van der Waals surface area contributed by atoms with E-state index in [1.165, 1.54) is 24.8 Å². The summed E-state index contributed by atoms with van der Waals surface area (Å²) in [5.74, 6) is 0.814. The van der Waals surface area contributed by atoms with E-state index >= 15 is 0 Å². The Labute approximate surface area is 156 Å². The molecule has 1 amide bonds. The fourth-order valence-corrected chi connectivity index (χ4v) is 2.43. The van der Waals surface area contributed by atoms with Crippen LogP contribution in [0.1, 0.15) is 20.8 Å². The van der Waals surface area contributed by atoms with Crippen molar-refractivity contribution in [3.8, 4) is 11.6 Å². The highest BCUT2D eigenvalue weighted by Gasteiger charge is 2.13. The molecule has 0 atom stereocenters. The zero-order valence-electron chi connectivity index (χ0n) is 15.2. The van der Waals surface area contributed by atoms with Gasteiger partial charge >= 0.3 is 6.09 Å². The van der Waals surface area contributed by atoms with Gasteiger partial charge in [0.05, 0.1) is 7.11 Å². The Kier molecular flexibility index (Phi) is 9.34. The number of anilines is 1. The van der Waals surface area contributed by atoms with Gasteiger partial charge in [-0.05, 0) is 19.1 Å². The minimum atomic E-state index is -0.618. The molecule has 0 unspecified atom stereocenters. The van der Waals surface area contributed by atoms with Crippen molar-refractivity contribution in [3.05, 3.63) is 49.3 Å². The molecule has 1 aromatic carbocycles. The number of aromatic nitrogens is 3. The largest absolute Gasteiger partial charge is 0.479 e. The van der Waals surface area contributed by atoms with Gasteiger partial charge in [-0.15, -0.1) is 6.58 Å². The van der Waals surface area contributed by atoms with Crippen LogP contribution >= 0.6 is 11.3 Å². The van der Waals surface area contributed by atoms with Gasteiger partial charge in [0.15, 0.2) is 15.5 Å². The summed E-state index contributed by atoms with van der Waals surface area (Å²) < 4.78 is 10.2. The number of allylic oxidation sites excluding steroid dienone is 1. The molecular formula is C18H22N4O3S. The maximum atomic E-state index is 11.8. The Morgan fingerprint density at radius 3 is 2.50 bits per heavy atom. The minimum absolute atomic E-state index is 0.362. The zero-order chi connectivity index (χ0) is 19.4. The average Bonchev–Trinajstić information content (AvgIpc) is 3.07. The maximum Gasteiger partial charge on any atom is 0.418 e. The third kappa shape index (κ3) is 6.14. The number of benzene rings is 1.